The normalized spacial score (nSPS) is 11.5. The van der Waals surface area contributed by atoms with Gasteiger partial charge in [-0.15, -0.1) is 0 Å². The number of carbonyl (C=O) groups is 1. The first-order valence-electron chi connectivity index (χ1n) is 9.54. The highest BCUT2D eigenvalue weighted by Crippen LogP contribution is 2.19. The zero-order valence-electron chi connectivity index (χ0n) is 16.9. The smallest absolute Gasteiger partial charge is 0.243 e. The molecular weight excluding hydrogens is 422 g/mol. The van der Waals surface area contributed by atoms with Crippen LogP contribution < -0.4 is 0 Å². The van der Waals surface area contributed by atoms with Gasteiger partial charge in [0.2, 0.25) is 15.9 Å². The SMILES string of the molecule is CN(Cc1ccccc1F)C(=O)CN(Cc1ccccc1)S(=O)(=O)c1ccc(F)cc1. The zero-order chi connectivity index (χ0) is 22.4. The number of amides is 1. The molecular formula is C23H22F2N2O3S. The van der Waals surface area contributed by atoms with Crippen molar-refractivity contribution in [3.8, 4) is 0 Å². The third-order valence-corrected chi connectivity index (χ3v) is 6.56. The van der Waals surface area contributed by atoms with Crippen LogP contribution >= 0.6 is 0 Å². The van der Waals surface area contributed by atoms with E-state index in [0.717, 1.165) is 28.6 Å². The predicted molar refractivity (Wildman–Crippen MR) is 113 cm³/mol. The largest absolute Gasteiger partial charge is 0.340 e. The van der Waals surface area contributed by atoms with Crippen molar-refractivity contribution in [2.24, 2.45) is 0 Å². The standard InChI is InChI=1S/C23H22F2N2O3S/c1-26(16-19-9-5-6-10-22(19)25)23(28)17-27(15-18-7-3-2-4-8-18)31(29,30)21-13-11-20(24)12-14-21/h2-14H,15-17H2,1H3. The molecule has 5 nitrogen and oxygen atoms in total. The molecule has 3 aromatic rings. The quantitative estimate of drug-likeness (QED) is 0.531. The Balaban J connectivity index is 1.84. The zero-order valence-corrected chi connectivity index (χ0v) is 17.7. The maximum atomic E-state index is 13.9. The molecule has 8 heteroatoms. The highest BCUT2D eigenvalue weighted by molar-refractivity contribution is 7.89. The monoisotopic (exact) mass is 444 g/mol. The third kappa shape index (κ3) is 5.74. The molecule has 0 saturated heterocycles. The van der Waals surface area contributed by atoms with Gasteiger partial charge in [-0.2, -0.15) is 4.31 Å². The van der Waals surface area contributed by atoms with Gasteiger partial charge in [-0.1, -0.05) is 48.5 Å². The fraction of sp³-hybridized carbons (Fsp3) is 0.174. The Kier molecular flexibility index (Phi) is 7.14. The molecule has 0 spiro atoms. The maximum absolute atomic E-state index is 13.9. The van der Waals surface area contributed by atoms with Gasteiger partial charge in [0.1, 0.15) is 11.6 Å². The van der Waals surface area contributed by atoms with E-state index in [9.17, 15) is 22.0 Å². The molecule has 0 bridgehead atoms. The second-order valence-corrected chi connectivity index (χ2v) is 8.99. The summed E-state index contributed by atoms with van der Waals surface area (Å²) in [6, 6.07) is 19.4. The van der Waals surface area contributed by atoms with E-state index in [0.29, 0.717) is 11.1 Å². The van der Waals surface area contributed by atoms with Crippen molar-refractivity contribution in [3.05, 3.63) is 102 Å². The molecule has 0 saturated carbocycles. The summed E-state index contributed by atoms with van der Waals surface area (Å²) in [6.07, 6.45) is 0. The van der Waals surface area contributed by atoms with Gasteiger partial charge in [-0.05, 0) is 35.9 Å². The third-order valence-electron chi connectivity index (χ3n) is 4.76. The van der Waals surface area contributed by atoms with Crippen molar-refractivity contribution in [1.82, 2.24) is 9.21 Å². The lowest BCUT2D eigenvalue weighted by Crippen LogP contribution is -2.41. The second-order valence-electron chi connectivity index (χ2n) is 7.05. The summed E-state index contributed by atoms with van der Waals surface area (Å²) in [4.78, 5) is 14.0. The fourth-order valence-corrected chi connectivity index (χ4v) is 4.39. The summed E-state index contributed by atoms with van der Waals surface area (Å²) in [7, 11) is -2.59. The van der Waals surface area contributed by atoms with Crippen LogP contribution in [-0.2, 0) is 27.9 Å². The molecule has 0 aromatic heterocycles. The predicted octanol–water partition coefficient (Wildman–Crippen LogP) is 3.81. The summed E-state index contributed by atoms with van der Waals surface area (Å²) in [5.74, 6) is -1.50. The molecule has 31 heavy (non-hydrogen) atoms. The summed E-state index contributed by atoms with van der Waals surface area (Å²) in [5, 5.41) is 0. The molecule has 3 rings (SSSR count). The Bertz CT molecular complexity index is 1140. The Labute approximate surface area is 180 Å². The van der Waals surface area contributed by atoms with Gasteiger partial charge in [-0.25, -0.2) is 17.2 Å². The van der Waals surface area contributed by atoms with Gasteiger partial charge in [0.25, 0.3) is 0 Å². The molecule has 0 atom stereocenters. The van der Waals surface area contributed by atoms with Crippen molar-refractivity contribution >= 4 is 15.9 Å². The molecule has 0 unspecified atom stereocenters. The molecule has 0 aliphatic rings. The van der Waals surface area contributed by atoms with E-state index in [4.69, 9.17) is 0 Å². The molecule has 1 amide bonds. The Morgan fingerprint density at radius 3 is 2.10 bits per heavy atom. The van der Waals surface area contributed by atoms with E-state index >= 15 is 0 Å². The number of hydrogen-bond acceptors (Lipinski definition) is 3. The number of rotatable bonds is 8. The average molecular weight is 445 g/mol. The summed E-state index contributed by atoms with van der Waals surface area (Å²) in [6.45, 7) is -0.485. The van der Waals surface area contributed by atoms with Gasteiger partial charge < -0.3 is 4.90 Å². The van der Waals surface area contributed by atoms with E-state index in [1.54, 1.807) is 48.5 Å². The van der Waals surface area contributed by atoms with Crippen molar-refractivity contribution in [3.63, 3.8) is 0 Å². The molecule has 0 heterocycles. The minimum absolute atomic E-state index is 0.00127. The van der Waals surface area contributed by atoms with Crippen molar-refractivity contribution in [1.29, 1.82) is 0 Å². The van der Waals surface area contributed by atoms with Crippen LogP contribution in [0.1, 0.15) is 11.1 Å². The number of carbonyl (C=O) groups excluding carboxylic acids is 1. The van der Waals surface area contributed by atoms with E-state index in [1.807, 2.05) is 0 Å². The highest BCUT2D eigenvalue weighted by Gasteiger charge is 2.28. The van der Waals surface area contributed by atoms with Crippen LogP contribution in [0.5, 0.6) is 0 Å². The number of benzene rings is 3. The first-order chi connectivity index (χ1) is 14.8. The first kappa shape index (κ1) is 22.6. The summed E-state index contributed by atoms with van der Waals surface area (Å²) >= 11 is 0. The number of nitrogens with zero attached hydrogens (tertiary/aromatic N) is 2. The van der Waals surface area contributed by atoms with Crippen LogP contribution in [0, 0.1) is 11.6 Å². The van der Waals surface area contributed by atoms with E-state index < -0.39 is 34.1 Å². The Morgan fingerprint density at radius 1 is 0.839 bits per heavy atom. The molecule has 0 N–H and O–H groups in total. The lowest BCUT2D eigenvalue weighted by molar-refractivity contribution is -0.130. The number of halogens is 2. The van der Waals surface area contributed by atoms with Gasteiger partial charge >= 0.3 is 0 Å². The van der Waals surface area contributed by atoms with Crippen molar-refractivity contribution in [2.75, 3.05) is 13.6 Å². The summed E-state index contributed by atoms with van der Waals surface area (Å²) in [5.41, 5.74) is 1.02. The van der Waals surface area contributed by atoms with Crippen LogP contribution in [0.25, 0.3) is 0 Å². The number of likely N-dealkylation sites (N-methyl/N-ethyl adjacent to an activating group) is 1. The topological polar surface area (TPSA) is 57.7 Å². The van der Waals surface area contributed by atoms with Crippen LogP contribution in [0.3, 0.4) is 0 Å². The van der Waals surface area contributed by atoms with Crippen LogP contribution in [0.4, 0.5) is 8.78 Å². The Hall–Kier alpha value is -3.10. The number of hydrogen-bond donors (Lipinski definition) is 0. The average Bonchev–Trinajstić information content (AvgIpc) is 2.76. The van der Waals surface area contributed by atoms with Crippen LogP contribution in [0.2, 0.25) is 0 Å². The lowest BCUT2D eigenvalue weighted by Gasteiger charge is -2.25. The van der Waals surface area contributed by atoms with Gasteiger partial charge in [0.05, 0.1) is 11.4 Å². The maximum Gasteiger partial charge on any atom is 0.243 e. The lowest BCUT2D eigenvalue weighted by atomic mass is 10.2. The number of sulfonamides is 1. The molecule has 0 aliphatic carbocycles. The van der Waals surface area contributed by atoms with Crippen molar-refractivity contribution < 1.29 is 22.0 Å². The van der Waals surface area contributed by atoms with Gasteiger partial charge in [0.15, 0.2) is 0 Å². The van der Waals surface area contributed by atoms with E-state index in [1.165, 1.54) is 18.0 Å². The highest BCUT2D eigenvalue weighted by atomic mass is 32.2. The fourth-order valence-electron chi connectivity index (χ4n) is 3.01. The molecule has 0 aliphatic heterocycles. The Morgan fingerprint density at radius 2 is 1.45 bits per heavy atom. The molecule has 3 aromatic carbocycles. The van der Waals surface area contributed by atoms with Gasteiger partial charge in [0, 0.05) is 25.7 Å². The molecule has 0 fully saturated rings. The molecule has 0 radical (unpaired) electrons. The first-order valence-corrected chi connectivity index (χ1v) is 11.0. The van der Waals surface area contributed by atoms with Crippen LogP contribution in [-0.4, -0.2) is 37.1 Å². The minimum atomic E-state index is -4.08. The van der Waals surface area contributed by atoms with Gasteiger partial charge in [-0.3, -0.25) is 4.79 Å². The summed E-state index contributed by atoms with van der Waals surface area (Å²) < 4.78 is 54.6. The molecule has 162 valence electrons. The van der Waals surface area contributed by atoms with Crippen molar-refractivity contribution in [2.45, 2.75) is 18.0 Å². The second kappa shape index (κ2) is 9.80. The minimum Gasteiger partial charge on any atom is -0.340 e. The van der Waals surface area contributed by atoms with E-state index in [-0.39, 0.29) is 18.0 Å². The van der Waals surface area contributed by atoms with Crippen LogP contribution in [0.15, 0.2) is 83.8 Å². The van der Waals surface area contributed by atoms with E-state index in [2.05, 4.69) is 0 Å².